The van der Waals surface area contributed by atoms with Crippen LogP contribution in [0.15, 0.2) is 78.9 Å². The molecule has 1 aromatic heterocycles. The molecule has 0 atom stereocenters. The molecule has 1 N–H and O–H groups in total. The lowest BCUT2D eigenvalue weighted by atomic mass is 10.0. The molecular weight excluding hydrogens is 410 g/mol. The maximum Gasteiger partial charge on any atom is 0.259 e. The quantitative estimate of drug-likeness (QED) is 0.418. The Labute approximate surface area is 185 Å². The van der Waals surface area contributed by atoms with Crippen molar-refractivity contribution < 1.29 is 9.59 Å². The van der Waals surface area contributed by atoms with Crippen molar-refractivity contribution in [1.82, 2.24) is 9.78 Å². The van der Waals surface area contributed by atoms with Gasteiger partial charge in [-0.25, -0.2) is 4.68 Å². The number of anilines is 1. The number of rotatable bonds is 5. The van der Waals surface area contributed by atoms with E-state index in [0.717, 1.165) is 5.69 Å². The molecule has 0 aliphatic heterocycles. The molecule has 0 aliphatic rings. The van der Waals surface area contributed by atoms with E-state index in [2.05, 4.69) is 10.4 Å². The lowest BCUT2D eigenvalue weighted by Crippen LogP contribution is -2.17. The minimum absolute atomic E-state index is 0.216. The highest BCUT2D eigenvalue weighted by molar-refractivity contribution is 6.31. The average molecular weight is 430 g/mol. The minimum Gasteiger partial charge on any atom is -0.321 e. The van der Waals surface area contributed by atoms with Gasteiger partial charge in [0.05, 0.1) is 28.3 Å². The van der Waals surface area contributed by atoms with Crippen LogP contribution in [0.5, 0.6) is 0 Å². The van der Waals surface area contributed by atoms with E-state index in [4.69, 9.17) is 11.6 Å². The summed E-state index contributed by atoms with van der Waals surface area (Å²) >= 11 is 6.15. The molecule has 1 amide bonds. The molecular formula is C25H20ClN3O2. The maximum absolute atomic E-state index is 13.2. The number of benzene rings is 3. The monoisotopic (exact) mass is 429 g/mol. The third kappa shape index (κ3) is 4.13. The summed E-state index contributed by atoms with van der Waals surface area (Å²) in [5.74, 6) is -0.548. The zero-order valence-electron chi connectivity index (χ0n) is 17.1. The van der Waals surface area contributed by atoms with Gasteiger partial charge in [0, 0.05) is 16.1 Å². The van der Waals surface area contributed by atoms with Crippen LogP contribution in [0.1, 0.15) is 37.7 Å². The summed E-state index contributed by atoms with van der Waals surface area (Å²) in [5.41, 5.74) is 3.90. The molecule has 3 aromatic carbocycles. The zero-order chi connectivity index (χ0) is 22.0. The minimum atomic E-state index is -0.332. The highest BCUT2D eigenvalue weighted by Gasteiger charge is 2.22. The lowest BCUT2D eigenvalue weighted by molar-refractivity contribution is 0.102. The molecule has 1 heterocycles. The van der Waals surface area contributed by atoms with Crippen LogP contribution in [-0.4, -0.2) is 21.5 Å². The van der Waals surface area contributed by atoms with Gasteiger partial charge in [-0.3, -0.25) is 9.59 Å². The van der Waals surface area contributed by atoms with Crippen LogP contribution in [-0.2, 0) is 0 Å². The fraction of sp³-hybridized carbons (Fsp3) is 0.0800. The summed E-state index contributed by atoms with van der Waals surface area (Å²) in [6.07, 6.45) is 0. The molecule has 0 saturated carbocycles. The first-order valence-corrected chi connectivity index (χ1v) is 10.2. The molecule has 6 heteroatoms. The summed E-state index contributed by atoms with van der Waals surface area (Å²) in [6, 6.07) is 23.4. The molecule has 0 radical (unpaired) electrons. The highest BCUT2D eigenvalue weighted by atomic mass is 35.5. The van der Waals surface area contributed by atoms with Gasteiger partial charge >= 0.3 is 0 Å². The Bertz CT molecular complexity index is 1260. The molecule has 154 valence electrons. The van der Waals surface area contributed by atoms with E-state index in [1.165, 1.54) is 0 Å². The largest absolute Gasteiger partial charge is 0.321 e. The van der Waals surface area contributed by atoms with Gasteiger partial charge in [-0.05, 0) is 44.2 Å². The SMILES string of the molecule is Cc1nn(-c2ccccc2)c(C)c1C(=O)Nc1ccc(Cl)cc1C(=O)c1ccccc1. The van der Waals surface area contributed by atoms with Crippen LogP contribution in [0.25, 0.3) is 5.69 Å². The predicted octanol–water partition coefficient (Wildman–Crippen LogP) is 5.63. The second-order valence-corrected chi connectivity index (χ2v) is 7.57. The number of aryl methyl sites for hydroxylation is 1. The first-order chi connectivity index (χ1) is 15.0. The van der Waals surface area contributed by atoms with E-state index >= 15 is 0 Å². The Morgan fingerprint density at radius 1 is 0.903 bits per heavy atom. The standard InChI is InChI=1S/C25H20ClN3O2/c1-16-23(17(2)29(28-16)20-11-7-4-8-12-20)25(31)27-22-14-13-19(26)15-21(22)24(30)18-9-5-3-6-10-18/h3-15H,1-2H3,(H,27,31). The third-order valence-electron chi connectivity index (χ3n) is 5.03. The van der Waals surface area contributed by atoms with Crippen LogP contribution in [0, 0.1) is 13.8 Å². The Morgan fingerprint density at radius 3 is 2.23 bits per heavy atom. The average Bonchev–Trinajstić information content (AvgIpc) is 3.09. The molecule has 0 unspecified atom stereocenters. The van der Waals surface area contributed by atoms with Crippen molar-refractivity contribution in [3.05, 3.63) is 112 Å². The molecule has 31 heavy (non-hydrogen) atoms. The van der Waals surface area contributed by atoms with Crippen molar-refractivity contribution in [3.63, 3.8) is 0 Å². The molecule has 0 spiro atoms. The molecule has 0 bridgehead atoms. The number of halogens is 1. The normalized spacial score (nSPS) is 10.7. The molecule has 5 nitrogen and oxygen atoms in total. The summed E-state index contributed by atoms with van der Waals surface area (Å²) in [7, 11) is 0. The number of hydrogen-bond acceptors (Lipinski definition) is 3. The molecule has 0 fully saturated rings. The smallest absolute Gasteiger partial charge is 0.259 e. The number of aromatic nitrogens is 2. The Kier molecular flexibility index (Phi) is 5.69. The zero-order valence-corrected chi connectivity index (χ0v) is 17.9. The second-order valence-electron chi connectivity index (χ2n) is 7.13. The first kappa shape index (κ1) is 20.6. The molecule has 4 aromatic rings. The number of para-hydroxylation sites is 1. The highest BCUT2D eigenvalue weighted by Crippen LogP contribution is 2.26. The number of amides is 1. The van der Waals surface area contributed by atoms with Crippen LogP contribution in [0.4, 0.5) is 5.69 Å². The predicted molar refractivity (Wildman–Crippen MR) is 122 cm³/mol. The van der Waals surface area contributed by atoms with Gasteiger partial charge in [0.15, 0.2) is 5.78 Å². The summed E-state index contributed by atoms with van der Waals surface area (Å²) in [6.45, 7) is 3.64. The van der Waals surface area contributed by atoms with Crippen molar-refractivity contribution in [2.75, 3.05) is 5.32 Å². The van der Waals surface area contributed by atoms with Gasteiger partial charge in [0.25, 0.3) is 5.91 Å². The van der Waals surface area contributed by atoms with Crippen molar-refractivity contribution >= 4 is 29.0 Å². The lowest BCUT2D eigenvalue weighted by Gasteiger charge is -2.12. The van der Waals surface area contributed by atoms with E-state index in [-0.39, 0.29) is 11.7 Å². The van der Waals surface area contributed by atoms with Crippen LogP contribution in [0.2, 0.25) is 5.02 Å². The second kappa shape index (κ2) is 8.58. The first-order valence-electron chi connectivity index (χ1n) is 9.78. The Hall–Kier alpha value is -3.70. The summed E-state index contributed by atoms with van der Waals surface area (Å²) < 4.78 is 1.74. The summed E-state index contributed by atoms with van der Waals surface area (Å²) in [4.78, 5) is 26.2. The van der Waals surface area contributed by atoms with Gasteiger partial charge in [0.2, 0.25) is 0 Å². The van der Waals surface area contributed by atoms with Crippen molar-refractivity contribution in [1.29, 1.82) is 0 Å². The van der Waals surface area contributed by atoms with Crippen LogP contribution in [0.3, 0.4) is 0 Å². The van der Waals surface area contributed by atoms with Gasteiger partial charge in [-0.2, -0.15) is 5.10 Å². The summed E-state index contributed by atoms with van der Waals surface area (Å²) in [5, 5.41) is 7.83. The van der Waals surface area contributed by atoms with Gasteiger partial charge in [0.1, 0.15) is 0 Å². The number of nitrogens with zero attached hydrogens (tertiary/aromatic N) is 2. The van der Waals surface area contributed by atoms with Crippen molar-refractivity contribution in [2.24, 2.45) is 0 Å². The van der Waals surface area contributed by atoms with Gasteiger partial charge < -0.3 is 5.32 Å². The van der Waals surface area contributed by atoms with Crippen LogP contribution >= 0.6 is 11.6 Å². The molecule has 4 rings (SSSR count). The molecule has 0 aliphatic carbocycles. The fourth-order valence-corrected chi connectivity index (χ4v) is 3.71. The number of hydrogen-bond donors (Lipinski definition) is 1. The van der Waals surface area contributed by atoms with Crippen molar-refractivity contribution in [3.8, 4) is 5.69 Å². The van der Waals surface area contributed by atoms with E-state index in [0.29, 0.717) is 38.8 Å². The van der Waals surface area contributed by atoms with E-state index < -0.39 is 0 Å². The van der Waals surface area contributed by atoms with E-state index in [1.54, 1.807) is 54.1 Å². The number of carbonyl (C=O) groups excluding carboxylic acids is 2. The van der Waals surface area contributed by atoms with Crippen LogP contribution < -0.4 is 5.32 Å². The van der Waals surface area contributed by atoms with E-state index in [9.17, 15) is 9.59 Å². The fourth-order valence-electron chi connectivity index (χ4n) is 3.54. The topological polar surface area (TPSA) is 64.0 Å². The van der Waals surface area contributed by atoms with Gasteiger partial charge in [-0.1, -0.05) is 60.1 Å². The third-order valence-corrected chi connectivity index (χ3v) is 5.26. The van der Waals surface area contributed by atoms with Gasteiger partial charge in [-0.15, -0.1) is 0 Å². The van der Waals surface area contributed by atoms with Crippen molar-refractivity contribution in [2.45, 2.75) is 13.8 Å². The maximum atomic E-state index is 13.2. The number of nitrogens with one attached hydrogen (secondary N) is 1. The molecule has 0 saturated heterocycles. The number of ketones is 1. The van der Waals surface area contributed by atoms with E-state index in [1.807, 2.05) is 43.3 Å². The Balaban J connectivity index is 1.69. The number of carbonyl (C=O) groups is 2. The Morgan fingerprint density at radius 2 is 1.55 bits per heavy atom.